The van der Waals surface area contributed by atoms with Gasteiger partial charge in [-0.1, -0.05) is 0 Å². The summed E-state index contributed by atoms with van der Waals surface area (Å²) in [6.07, 6.45) is 6.25. The van der Waals surface area contributed by atoms with Crippen LogP contribution in [0.1, 0.15) is 19.4 Å². The third kappa shape index (κ3) is 5.96. The average molecular weight is 263 g/mol. The Bertz CT molecular complexity index is 427. The number of nitrogen functional groups attached to an aromatic ring is 1. The number of aromatic nitrogens is 2. The number of hydrogen-bond acceptors (Lipinski definition) is 5. The number of amides is 1. The van der Waals surface area contributed by atoms with E-state index < -0.39 is 0 Å². The van der Waals surface area contributed by atoms with Gasteiger partial charge in [-0.05, 0) is 27.0 Å². The van der Waals surface area contributed by atoms with Crippen LogP contribution in [0, 0.1) is 0 Å². The Kier molecular flexibility index (Phi) is 5.95. The molecule has 6 heteroatoms. The molecule has 0 spiro atoms. The minimum absolute atomic E-state index is 0.131. The third-order valence-electron chi connectivity index (χ3n) is 2.76. The van der Waals surface area contributed by atoms with Crippen molar-refractivity contribution in [2.45, 2.75) is 19.9 Å². The molecule has 0 saturated carbocycles. The Labute approximate surface area is 113 Å². The molecule has 0 atom stereocenters. The number of carbonyl (C=O) groups is 1. The number of nitrogens with two attached hydrogens (primary N) is 1. The number of rotatable bonds is 6. The largest absolute Gasteiger partial charge is 0.368 e. The minimum Gasteiger partial charge on any atom is -0.368 e. The topological polar surface area (TPSA) is 84.1 Å². The molecular weight excluding hydrogens is 242 g/mol. The van der Waals surface area contributed by atoms with Crippen molar-refractivity contribution < 1.29 is 4.79 Å². The molecule has 0 aliphatic rings. The smallest absolute Gasteiger partial charge is 0.244 e. The van der Waals surface area contributed by atoms with Crippen LogP contribution in [-0.4, -0.2) is 47.0 Å². The number of anilines is 1. The van der Waals surface area contributed by atoms with E-state index in [4.69, 9.17) is 5.73 Å². The molecule has 1 rings (SSSR count). The summed E-state index contributed by atoms with van der Waals surface area (Å²) >= 11 is 0. The summed E-state index contributed by atoms with van der Waals surface area (Å²) in [5.41, 5.74) is 6.11. The first-order chi connectivity index (χ1) is 8.99. The van der Waals surface area contributed by atoms with E-state index in [1.807, 2.05) is 7.05 Å². The molecule has 0 aromatic carbocycles. The van der Waals surface area contributed by atoms with Crippen molar-refractivity contribution in [3.05, 3.63) is 24.0 Å². The monoisotopic (exact) mass is 263 g/mol. The van der Waals surface area contributed by atoms with Crippen molar-refractivity contribution >= 4 is 17.9 Å². The third-order valence-corrected chi connectivity index (χ3v) is 2.76. The molecule has 19 heavy (non-hydrogen) atoms. The highest BCUT2D eigenvalue weighted by molar-refractivity contribution is 5.91. The molecule has 0 fully saturated rings. The highest BCUT2D eigenvalue weighted by Gasteiger charge is 2.02. The molecule has 0 radical (unpaired) electrons. The molecule has 3 N–H and O–H groups in total. The van der Waals surface area contributed by atoms with E-state index in [-0.39, 0.29) is 11.9 Å². The number of nitrogens with one attached hydrogen (secondary N) is 1. The zero-order chi connectivity index (χ0) is 14.3. The van der Waals surface area contributed by atoms with Gasteiger partial charge in [-0.15, -0.1) is 0 Å². The van der Waals surface area contributed by atoms with Gasteiger partial charge in [0.05, 0.1) is 0 Å². The maximum absolute atomic E-state index is 11.6. The summed E-state index contributed by atoms with van der Waals surface area (Å²) in [6, 6.07) is 0.472. The minimum atomic E-state index is -0.131. The lowest BCUT2D eigenvalue weighted by Gasteiger charge is -2.20. The molecule has 0 aliphatic heterocycles. The van der Waals surface area contributed by atoms with Crippen LogP contribution in [0.4, 0.5) is 5.95 Å². The van der Waals surface area contributed by atoms with Gasteiger partial charge in [0.15, 0.2) is 0 Å². The predicted octanol–water partition coefficient (Wildman–Crippen LogP) is 0.528. The van der Waals surface area contributed by atoms with E-state index in [9.17, 15) is 4.79 Å². The van der Waals surface area contributed by atoms with Crippen LogP contribution in [0.15, 0.2) is 18.5 Å². The first kappa shape index (κ1) is 15.1. The van der Waals surface area contributed by atoms with Gasteiger partial charge in [0, 0.05) is 43.2 Å². The van der Waals surface area contributed by atoms with Crippen LogP contribution in [0.25, 0.3) is 6.08 Å². The van der Waals surface area contributed by atoms with E-state index in [0.717, 1.165) is 12.1 Å². The van der Waals surface area contributed by atoms with Gasteiger partial charge in [-0.3, -0.25) is 4.79 Å². The summed E-state index contributed by atoms with van der Waals surface area (Å²) in [7, 11) is 2.03. The van der Waals surface area contributed by atoms with Crippen LogP contribution in [0.5, 0.6) is 0 Å². The van der Waals surface area contributed by atoms with E-state index in [1.165, 1.54) is 6.08 Å². The molecule has 0 aliphatic carbocycles. The molecule has 1 amide bonds. The van der Waals surface area contributed by atoms with Gasteiger partial charge in [0.2, 0.25) is 11.9 Å². The van der Waals surface area contributed by atoms with E-state index in [2.05, 4.69) is 34.0 Å². The van der Waals surface area contributed by atoms with Gasteiger partial charge >= 0.3 is 0 Å². The lowest BCUT2D eigenvalue weighted by molar-refractivity contribution is -0.116. The first-order valence-electron chi connectivity index (χ1n) is 6.22. The lowest BCUT2D eigenvalue weighted by Crippen LogP contribution is -2.35. The molecule has 0 saturated heterocycles. The zero-order valence-corrected chi connectivity index (χ0v) is 11.6. The molecule has 0 bridgehead atoms. The second kappa shape index (κ2) is 7.48. The molecule has 6 nitrogen and oxygen atoms in total. The fourth-order valence-electron chi connectivity index (χ4n) is 1.28. The Morgan fingerprint density at radius 1 is 1.47 bits per heavy atom. The summed E-state index contributed by atoms with van der Waals surface area (Å²) in [5, 5.41) is 2.82. The normalized spacial score (nSPS) is 11.4. The highest BCUT2D eigenvalue weighted by Crippen LogP contribution is 1.99. The second-order valence-corrected chi connectivity index (χ2v) is 4.57. The van der Waals surface area contributed by atoms with Gasteiger partial charge in [-0.25, -0.2) is 9.97 Å². The van der Waals surface area contributed by atoms with Crippen LogP contribution < -0.4 is 11.1 Å². The van der Waals surface area contributed by atoms with Crippen molar-refractivity contribution in [3.63, 3.8) is 0 Å². The second-order valence-electron chi connectivity index (χ2n) is 4.57. The SMILES string of the molecule is CC(C)N(C)CCNC(=O)C=Cc1cnc(N)nc1. The molecule has 104 valence electrons. The Balaban J connectivity index is 2.33. The van der Waals surface area contributed by atoms with Crippen molar-refractivity contribution in [2.75, 3.05) is 25.9 Å². The Morgan fingerprint density at radius 3 is 2.68 bits per heavy atom. The fraction of sp³-hybridized carbons (Fsp3) is 0.462. The van der Waals surface area contributed by atoms with Gasteiger partial charge in [-0.2, -0.15) is 0 Å². The number of nitrogens with zero attached hydrogens (tertiary/aromatic N) is 3. The molecular formula is C13H21N5O. The maximum Gasteiger partial charge on any atom is 0.244 e. The van der Waals surface area contributed by atoms with Crippen LogP contribution >= 0.6 is 0 Å². The quantitative estimate of drug-likeness (QED) is 0.731. The molecule has 1 aromatic rings. The van der Waals surface area contributed by atoms with Crippen LogP contribution in [-0.2, 0) is 4.79 Å². The number of hydrogen-bond donors (Lipinski definition) is 2. The van der Waals surface area contributed by atoms with Crippen molar-refractivity contribution in [1.29, 1.82) is 0 Å². The summed E-state index contributed by atoms with van der Waals surface area (Å²) in [4.78, 5) is 21.4. The number of carbonyl (C=O) groups excluding carboxylic acids is 1. The summed E-state index contributed by atoms with van der Waals surface area (Å²) in [5.74, 6) is 0.0901. The van der Waals surface area contributed by atoms with Crippen molar-refractivity contribution in [1.82, 2.24) is 20.2 Å². The van der Waals surface area contributed by atoms with Crippen LogP contribution in [0.2, 0.25) is 0 Å². The van der Waals surface area contributed by atoms with Gasteiger partial charge in [0.25, 0.3) is 0 Å². The van der Waals surface area contributed by atoms with Gasteiger partial charge in [0.1, 0.15) is 0 Å². The van der Waals surface area contributed by atoms with Crippen LogP contribution in [0.3, 0.4) is 0 Å². The lowest BCUT2D eigenvalue weighted by atomic mass is 10.3. The zero-order valence-electron chi connectivity index (χ0n) is 11.6. The van der Waals surface area contributed by atoms with Gasteiger partial charge < -0.3 is 16.0 Å². The summed E-state index contributed by atoms with van der Waals surface area (Å²) in [6.45, 7) is 5.67. The standard InChI is InChI=1S/C13H21N5O/c1-10(2)18(3)7-6-15-12(19)5-4-11-8-16-13(14)17-9-11/h4-5,8-10H,6-7H2,1-3H3,(H,15,19)(H2,14,16,17). The Hall–Kier alpha value is -1.95. The van der Waals surface area contributed by atoms with Crippen molar-refractivity contribution in [3.8, 4) is 0 Å². The van der Waals surface area contributed by atoms with Crippen molar-refractivity contribution in [2.24, 2.45) is 0 Å². The maximum atomic E-state index is 11.6. The highest BCUT2D eigenvalue weighted by atomic mass is 16.1. The first-order valence-corrected chi connectivity index (χ1v) is 6.22. The average Bonchev–Trinajstić information content (AvgIpc) is 2.37. The predicted molar refractivity (Wildman–Crippen MR) is 76.3 cm³/mol. The molecule has 1 heterocycles. The Morgan fingerprint density at radius 2 is 2.11 bits per heavy atom. The molecule has 1 aromatic heterocycles. The number of likely N-dealkylation sites (N-methyl/N-ethyl adjacent to an activating group) is 1. The van der Waals surface area contributed by atoms with E-state index in [0.29, 0.717) is 12.6 Å². The fourth-order valence-corrected chi connectivity index (χ4v) is 1.28. The van der Waals surface area contributed by atoms with E-state index in [1.54, 1.807) is 18.5 Å². The van der Waals surface area contributed by atoms with E-state index >= 15 is 0 Å². The summed E-state index contributed by atoms with van der Waals surface area (Å²) < 4.78 is 0. The molecule has 0 unspecified atom stereocenters.